The molecule has 9 heteroatoms. The zero-order chi connectivity index (χ0) is 16.1. The van der Waals surface area contributed by atoms with Crippen molar-refractivity contribution in [1.29, 1.82) is 0 Å². The van der Waals surface area contributed by atoms with Crippen molar-refractivity contribution in [3.05, 3.63) is 41.2 Å². The third-order valence-corrected chi connectivity index (χ3v) is 2.60. The molecule has 1 aromatic heterocycles. The van der Waals surface area contributed by atoms with Crippen LogP contribution in [0.3, 0.4) is 0 Å². The average Bonchev–Trinajstić information content (AvgIpc) is 2.51. The molecule has 0 bridgehead atoms. The Labute approximate surface area is 125 Å². The fourth-order valence-corrected chi connectivity index (χ4v) is 1.68. The summed E-state index contributed by atoms with van der Waals surface area (Å²) in [6, 6.07) is 6.12. The van der Waals surface area contributed by atoms with E-state index in [4.69, 9.17) is 16.2 Å². The van der Waals surface area contributed by atoms with Crippen molar-refractivity contribution in [2.45, 2.75) is 6.61 Å². The summed E-state index contributed by atoms with van der Waals surface area (Å²) < 4.78 is 9.66. The van der Waals surface area contributed by atoms with E-state index in [2.05, 4.69) is 19.7 Å². The molecule has 0 aliphatic rings. The van der Waals surface area contributed by atoms with E-state index in [1.807, 2.05) is 0 Å². The highest BCUT2D eigenvalue weighted by Gasteiger charge is 2.18. The average molecular weight is 303 g/mol. The van der Waals surface area contributed by atoms with Gasteiger partial charge >= 0.3 is 11.9 Å². The molecule has 0 unspecified atom stereocenters. The largest absolute Gasteiger partial charge is 0.465 e. The van der Waals surface area contributed by atoms with E-state index in [0.29, 0.717) is 0 Å². The van der Waals surface area contributed by atoms with Crippen LogP contribution in [0.1, 0.15) is 26.5 Å². The molecule has 0 aliphatic carbocycles. The molecule has 1 aromatic carbocycles. The van der Waals surface area contributed by atoms with Crippen LogP contribution in [0.25, 0.3) is 0 Å². The van der Waals surface area contributed by atoms with Gasteiger partial charge in [-0.05, 0) is 12.1 Å². The molecular weight excluding hydrogens is 290 g/mol. The lowest BCUT2D eigenvalue weighted by atomic mass is 10.1. The summed E-state index contributed by atoms with van der Waals surface area (Å²) in [5.41, 5.74) is 11.0. The second-order valence-corrected chi connectivity index (χ2v) is 4.08. The lowest BCUT2D eigenvalue weighted by Crippen LogP contribution is -2.14. The van der Waals surface area contributed by atoms with Gasteiger partial charge in [0.15, 0.2) is 12.4 Å². The number of hydrogen-bond donors (Lipinski definition) is 2. The number of hydrogen-bond acceptors (Lipinski definition) is 9. The molecule has 2 rings (SSSR count). The van der Waals surface area contributed by atoms with Crippen LogP contribution in [-0.2, 0) is 16.1 Å². The number of benzene rings is 1. The molecule has 0 saturated heterocycles. The van der Waals surface area contributed by atoms with Crippen molar-refractivity contribution in [2.24, 2.45) is 0 Å². The number of nitrogens with zero attached hydrogens (tertiary/aromatic N) is 3. The number of rotatable bonds is 4. The third kappa shape index (κ3) is 3.45. The number of anilines is 2. The lowest BCUT2D eigenvalue weighted by Gasteiger charge is -2.08. The zero-order valence-electron chi connectivity index (χ0n) is 11.6. The van der Waals surface area contributed by atoms with Gasteiger partial charge in [-0.25, -0.2) is 9.59 Å². The molecule has 0 fully saturated rings. The minimum absolute atomic E-state index is 0.0735. The molecule has 0 spiro atoms. The first-order valence-corrected chi connectivity index (χ1v) is 6.11. The summed E-state index contributed by atoms with van der Waals surface area (Å²) in [6.07, 6.45) is 0. The third-order valence-electron chi connectivity index (χ3n) is 2.60. The number of carbonyl (C=O) groups is 2. The number of aromatic nitrogens is 3. The van der Waals surface area contributed by atoms with Gasteiger partial charge in [0.1, 0.15) is 0 Å². The number of esters is 2. The van der Waals surface area contributed by atoms with Gasteiger partial charge < -0.3 is 20.9 Å². The standard InChI is InChI=1S/C13H13N5O4/c1-21-10(19)7-4-2-3-5-8(7)11(20)22-6-9-16-12(14)18-13(15)17-9/h2-5H,6H2,1H3,(H4,14,15,16,17,18). The second kappa shape index (κ2) is 6.48. The van der Waals surface area contributed by atoms with E-state index < -0.39 is 11.9 Å². The first kappa shape index (κ1) is 15.2. The number of nitrogens with two attached hydrogens (primary N) is 2. The quantitative estimate of drug-likeness (QED) is 0.755. The first-order valence-electron chi connectivity index (χ1n) is 6.11. The molecule has 4 N–H and O–H groups in total. The van der Waals surface area contributed by atoms with Crippen LogP contribution in [0.5, 0.6) is 0 Å². The van der Waals surface area contributed by atoms with Crippen LogP contribution in [-0.4, -0.2) is 34.0 Å². The summed E-state index contributed by atoms with van der Waals surface area (Å²) in [5, 5.41) is 0. The van der Waals surface area contributed by atoms with E-state index in [9.17, 15) is 9.59 Å². The summed E-state index contributed by atoms with van der Waals surface area (Å²) in [7, 11) is 1.22. The van der Waals surface area contributed by atoms with Crippen molar-refractivity contribution in [3.63, 3.8) is 0 Å². The van der Waals surface area contributed by atoms with E-state index >= 15 is 0 Å². The van der Waals surface area contributed by atoms with Crippen LogP contribution < -0.4 is 11.5 Å². The van der Waals surface area contributed by atoms with E-state index in [1.165, 1.54) is 19.2 Å². The first-order chi connectivity index (χ1) is 10.5. The lowest BCUT2D eigenvalue weighted by molar-refractivity contribution is 0.0448. The van der Waals surface area contributed by atoms with Crippen molar-refractivity contribution in [1.82, 2.24) is 15.0 Å². The Hall–Kier alpha value is -3.23. The van der Waals surface area contributed by atoms with Gasteiger partial charge in [-0.1, -0.05) is 12.1 Å². The topological polar surface area (TPSA) is 143 Å². The molecule has 22 heavy (non-hydrogen) atoms. The molecule has 114 valence electrons. The Balaban J connectivity index is 2.14. The SMILES string of the molecule is COC(=O)c1ccccc1C(=O)OCc1nc(N)nc(N)n1. The molecule has 9 nitrogen and oxygen atoms in total. The normalized spacial score (nSPS) is 10.0. The highest BCUT2D eigenvalue weighted by Crippen LogP contribution is 2.12. The predicted molar refractivity (Wildman–Crippen MR) is 75.6 cm³/mol. The van der Waals surface area contributed by atoms with Crippen molar-refractivity contribution in [3.8, 4) is 0 Å². The van der Waals surface area contributed by atoms with Crippen LogP contribution in [0.2, 0.25) is 0 Å². The Morgan fingerprint density at radius 2 is 1.55 bits per heavy atom. The fourth-order valence-electron chi connectivity index (χ4n) is 1.68. The Morgan fingerprint density at radius 1 is 1.00 bits per heavy atom. The number of carbonyl (C=O) groups excluding carboxylic acids is 2. The highest BCUT2D eigenvalue weighted by molar-refractivity contribution is 6.03. The molecule has 0 atom stereocenters. The van der Waals surface area contributed by atoms with Crippen LogP contribution in [0, 0.1) is 0 Å². The molecular formula is C13H13N5O4. The summed E-state index contributed by atoms with van der Waals surface area (Å²) in [5.74, 6) is -1.41. The maximum Gasteiger partial charge on any atom is 0.339 e. The molecule has 0 aliphatic heterocycles. The van der Waals surface area contributed by atoms with Gasteiger partial charge in [0, 0.05) is 0 Å². The minimum Gasteiger partial charge on any atom is -0.465 e. The highest BCUT2D eigenvalue weighted by atomic mass is 16.5. The fraction of sp³-hybridized carbons (Fsp3) is 0.154. The predicted octanol–water partition coefficient (Wildman–Crippen LogP) is 0.180. The minimum atomic E-state index is -0.724. The van der Waals surface area contributed by atoms with Crippen molar-refractivity contribution < 1.29 is 19.1 Å². The Bertz CT molecular complexity index is 699. The maximum absolute atomic E-state index is 12.1. The molecule has 2 aromatic rings. The van der Waals surface area contributed by atoms with Crippen LogP contribution in [0.4, 0.5) is 11.9 Å². The van der Waals surface area contributed by atoms with Gasteiger partial charge in [-0.3, -0.25) is 0 Å². The van der Waals surface area contributed by atoms with Gasteiger partial charge in [0.25, 0.3) is 0 Å². The number of nitrogen functional groups attached to an aromatic ring is 2. The van der Waals surface area contributed by atoms with Gasteiger partial charge in [0.2, 0.25) is 11.9 Å². The molecule has 0 saturated carbocycles. The summed E-state index contributed by atoms with van der Waals surface area (Å²) in [4.78, 5) is 34.8. The van der Waals surface area contributed by atoms with Crippen LogP contribution >= 0.6 is 0 Å². The maximum atomic E-state index is 12.1. The monoisotopic (exact) mass is 303 g/mol. The molecule has 0 radical (unpaired) electrons. The van der Waals surface area contributed by atoms with Crippen molar-refractivity contribution >= 4 is 23.8 Å². The van der Waals surface area contributed by atoms with Crippen molar-refractivity contribution in [2.75, 3.05) is 18.6 Å². The van der Waals surface area contributed by atoms with E-state index in [0.717, 1.165) is 0 Å². The second-order valence-electron chi connectivity index (χ2n) is 4.08. The molecule has 1 heterocycles. The number of methoxy groups -OCH3 is 1. The number of ether oxygens (including phenoxy) is 2. The van der Waals surface area contributed by atoms with Gasteiger partial charge in [-0.15, -0.1) is 0 Å². The summed E-state index contributed by atoms with van der Waals surface area (Å²) in [6.45, 7) is -0.259. The Kier molecular flexibility index (Phi) is 4.47. The van der Waals surface area contributed by atoms with E-state index in [1.54, 1.807) is 12.1 Å². The smallest absolute Gasteiger partial charge is 0.339 e. The van der Waals surface area contributed by atoms with Crippen LogP contribution in [0.15, 0.2) is 24.3 Å². The van der Waals surface area contributed by atoms with Gasteiger partial charge in [-0.2, -0.15) is 15.0 Å². The zero-order valence-corrected chi connectivity index (χ0v) is 11.6. The molecule has 0 amide bonds. The van der Waals surface area contributed by atoms with E-state index in [-0.39, 0.29) is 35.5 Å². The Morgan fingerprint density at radius 3 is 2.09 bits per heavy atom. The summed E-state index contributed by atoms with van der Waals surface area (Å²) >= 11 is 0. The van der Waals surface area contributed by atoms with Gasteiger partial charge in [0.05, 0.1) is 18.2 Å².